The molecule has 0 saturated heterocycles. The van der Waals surface area contributed by atoms with Crippen LogP contribution in [0.15, 0.2) is 61.1 Å². The topological polar surface area (TPSA) is 48.0 Å². The number of benzene rings is 1. The van der Waals surface area contributed by atoms with Crippen molar-refractivity contribution in [3.63, 3.8) is 0 Å². The molecular weight excluding hydrogens is 427 g/mol. The van der Waals surface area contributed by atoms with E-state index in [-0.39, 0.29) is 11.2 Å². The lowest BCUT2D eigenvalue weighted by molar-refractivity contribution is -0.136. The molecular formula is C25H20F3N5. The number of fused-ring (bicyclic) bond motifs is 2. The fourth-order valence-electron chi connectivity index (χ4n) is 4.38. The second-order valence-electron chi connectivity index (χ2n) is 8.68. The predicted octanol–water partition coefficient (Wildman–Crippen LogP) is 6.01. The molecule has 6 rings (SSSR count). The molecule has 1 aliphatic rings. The number of aromatic nitrogens is 5. The first kappa shape index (κ1) is 20.0. The molecule has 0 atom stereocenters. The number of nitrogens with zero attached hydrogens (tertiary/aromatic N) is 5. The number of hydrogen-bond acceptors (Lipinski definition) is 3. The van der Waals surface area contributed by atoms with Crippen molar-refractivity contribution < 1.29 is 13.2 Å². The largest absolute Gasteiger partial charge is 0.420 e. The van der Waals surface area contributed by atoms with Gasteiger partial charge in [0, 0.05) is 29.9 Å². The van der Waals surface area contributed by atoms with E-state index >= 15 is 0 Å². The minimum Gasteiger partial charge on any atom is -0.315 e. The van der Waals surface area contributed by atoms with Crippen molar-refractivity contribution in [1.29, 1.82) is 0 Å². The van der Waals surface area contributed by atoms with Gasteiger partial charge in [-0.25, -0.2) is 0 Å². The Morgan fingerprint density at radius 1 is 1.00 bits per heavy atom. The van der Waals surface area contributed by atoms with Crippen molar-refractivity contribution in [1.82, 2.24) is 24.1 Å². The van der Waals surface area contributed by atoms with Gasteiger partial charge in [-0.2, -0.15) is 13.2 Å². The molecule has 5 nitrogen and oxygen atoms in total. The molecule has 33 heavy (non-hydrogen) atoms. The van der Waals surface area contributed by atoms with E-state index in [1.807, 2.05) is 42.0 Å². The number of hydrogen-bond donors (Lipinski definition) is 0. The molecule has 1 fully saturated rings. The van der Waals surface area contributed by atoms with Crippen LogP contribution in [-0.4, -0.2) is 24.1 Å². The van der Waals surface area contributed by atoms with Crippen molar-refractivity contribution in [3.05, 3.63) is 78.1 Å². The molecule has 8 heteroatoms. The van der Waals surface area contributed by atoms with Crippen molar-refractivity contribution >= 4 is 16.6 Å². The molecule has 1 aliphatic carbocycles. The normalized spacial score (nSPS) is 14.4. The fraction of sp³-hybridized carbons (Fsp3) is 0.240. The predicted molar refractivity (Wildman–Crippen MR) is 119 cm³/mol. The summed E-state index contributed by atoms with van der Waals surface area (Å²) < 4.78 is 46.1. The third-order valence-corrected chi connectivity index (χ3v) is 6.28. The average Bonchev–Trinajstić information content (AvgIpc) is 3.37. The summed E-state index contributed by atoms with van der Waals surface area (Å²) >= 11 is 0. The number of aryl methyl sites for hydroxylation is 1. The molecule has 0 bridgehead atoms. The highest BCUT2D eigenvalue weighted by Crippen LogP contribution is 2.41. The SMILES string of the molecule is Cc1ccc(-n2ccc3cc(-c4ccn5c(CC6CC6)nnc5c4C(F)(F)F)ccc32)cn1. The highest BCUT2D eigenvalue weighted by atomic mass is 19.4. The molecule has 166 valence electrons. The van der Waals surface area contributed by atoms with Crippen LogP contribution >= 0.6 is 0 Å². The van der Waals surface area contributed by atoms with Gasteiger partial charge in [-0.15, -0.1) is 10.2 Å². The van der Waals surface area contributed by atoms with Crippen molar-refractivity contribution in [3.8, 4) is 16.8 Å². The molecule has 0 amide bonds. The summed E-state index contributed by atoms with van der Waals surface area (Å²) in [7, 11) is 0. The molecule has 0 unspecified atom stereocenters. The van der Waals surface area contributed by atoms with Gasteiger partial charge in [0.05, 0.1) is 17.4 Å². The first-order valence-corrected chi connectivity index (χ1v) is 10.9. The lowest BCUT2D eigenvalue weighted by atomic mass is 9.99. The van der Waals surface area contributed by atoms with Gasteiger partial charge in [0.1, 0.15) is 11.4 Å². The van der Waals surface area contributed by atoms with Crippen molar-refractivity contribution in [2.75, 3.05) is 0 Å². The van der Waals surface area contributed by atoms with E-state index < -0.39 is 11.7 Å². The summed E-state index contributed by atoms with van der Waals surface area (Å²) in [5, 5.41) is 8.87. The average molecular weight is 447 g/mol. The van der Waals surface area contributed by atoms with Gasteiger partial charge in [0.2, 0.25) is 0 Å². The molecule has 4 aromatic heterocycles. The Kier molecular flexibility index (Phi) is 4.33. The molecule has 0 N–H and O–H groups in total. The van der Waals surface area contributed by atoms with Crippen LogP contribution in [0.25, 0.3) is 33.4 Å². The van der Waals surface area contributed by atoms with Gasteiger partial charge in [-0.1, -0.05) is 6.07 Å². The lowest BCUT2D eigenvalue weighted by Gasteiger charge is -2.15. The van der Waals surface area contributed by atoms with Crippen LogP contribution < -0.4 is 0 Å². The van der Waals surface area contributed by atoms with Gasteiger partial charge in [0.25, 0.3) is 0 Å². The maximum Gasteiger partial charge on any atom is 0.420 e. The monoisotopic (exact) mass is 447 g/mol. The van der Waals surface area contributed by atoms with E-state index in [0.29, 0.717) is 23.7 Å². The third kappa shape index (κ3) is 3.46. The van der Waals surface area contributed by atoms with Crippen LogP contribution in [-0.2, 0) is 12.6 Å². The van der Waals surface area contributed by atoms with Gasteiger partial charge >= 0.3 is 6.18 Å². The highest BCUT2D eigenvalue weighted by molar-refractivity contribution is 5.88. The zero-order chi connectivity index (χ0) is 22.7. The van der Waals surface area contributed by atoms with Crippen LogP contribution in [0.4, 0.5) is 13.2 Å². The van der Waals surface area contributed by atoms with Crippen LogP contribution in [0.3, 0.4) is 0 Å². The molecule has 5 aromatic rings. The Balaban J connectivity index is 1.48. The molecule has 1 aromatic carbocycles. The zero-order valence-corrected chi connectivity index (χ0v) is 17.8. The summed E-state index contributed by atoms with van der Waals surface area (Å²) in [6.45, 7) is 1.92. The Bertz CT molecular complexity index is 1490. The van der Waals surface area contributed by atoms with Crippen LogP contribution in [0.5, 0.6) is 0 Å². The first-order chi connectivity index (χ1) is 15.9. The number of pyridine rings is 2. The summed E-state index contributed by atoms with van der Waals surface area (Å²) in [6, 6.07) is 12.7. The maximum atomic E-state index is 14.2. The summed E-state index contributed by atoms with van der Waals surface area (Å²) in [6.07, 6.45) is 3.63. The van der Waals surface area contributed by atoms with Gasteiger partial charge in [-0.3, -0.25) is 9.38 Å². The molecule has 0 aliphatic heterocycles. The highest BCUT2D eigenvalue weighted by Gasteiger charge is 2.38. The quantitative estimate of drug-likeness (QED) is 0.339. The van der Waals surface area contributed by atoms with Gasteiger partial charge in [-0.05, 0) is 73.2 Å². The maximum absolute atomic E-state index is 14.2. The standard InChI is InChI=1S/C25H20F3N5/c1-15-2-6-19(14-29-15)32-10-8-18-13-17(5-7-21(18)32)20-9-11-33-22(12-16-3-4-16)30-31-24(33)23(20)25(26,27)28/h2,5-11,13-14,16H,3-4,12H2,1H3. The lowest BCUT2D eigenvalue weighted by Crippen LogP contribution is -2.11. The third-order valence-electron chi connectivity index (χ3n) is 6.28. The van der Waals surface area contributed by atoms with E-state index in [9.17, 15) is 13.2 Å². The van der Waals surface area contributed by atoms with Crippen LogP contribution in [0, 0.1) is 12.8 Å². The van der Waals surface area contributed by atoms with E-state index in [0.717, 1.165) is 35.1 Å². The Morgan fingerprint density at radius 2 is 1.85 bits per heavy atom. The minimum absolute atomic E-state index is 0.104. The Labute approximate surface area is 187 Å². The summed E-state index contributed by atoms with van der Waals surface area (Å²) in [4.78, 5) is 4.34. The van der Waals surface area contributed by atoms with Crippen molar-refractivity contribution in [2.45, 2.75) is 32.4 Å². The minimum atomic E-state index is -4.56. The molecule has 4 heterocycles. The molecule has 0 radical (unpaired) electrons. The molecule has 0 spiro atoms. The van der Waals surface area contributed by atoms with Crippen LogP contribution in [0.1, 0.15) is 29.9 Å². The van der Waals surface area contributed by atoms with E-state index in [1.165, 1.54) is 10.5 Å². The second kappa shape index (κ2) is 7.16. The number of rotatable bonds is 4. The number of halogens is 3. The first-order valence-electron chi connectivity index (χ1n) is 10.9. The summed E-state index contributed by atoms with van der Waals surface area (Å²) in [5.74, 6) is 1.09. The van der Waals surface area contributed by atoms with E-state index in [4.69, 9.17) is 0 Å². The van der Waals surface area contributed by atoms with Crippen molar-refractivity contribution in [2.24, 2.45) is 5.92 Å². The Hall–Kier alpha value is -3.68. The second-order valence-corrected chi connectivity index (χ2v) is 8.68. The Morgan fingerprint density at radius 3 is 2.58 bits per heavy atom. The van der Waals surface area contributed by atoms with Gasteiger partial charge in [0.15, 0.2) is 5.65 Å². The molecule has 1 saturated carbocycles. The fourth-order valence-corrected chi connectivity index (χ4v) is 4.38. The van der Waals surface area contributed by atoms with Gasteiger partial charge < -0.3 is 4.57 Å². The smallest absolute Gasteiger partial charge is 0.315 e. The number of alkyl halides is 3. The van der Waals surface area contributed by atoms with E-state index in [2.05, 4.69) is 15.2 Å². The van der Waals surface area contributed by atoms with Crippen LogP contribution in [0.2, 0.25) is 0 Å². The summed E-state index contributed by atoms with van der Waals surface area (Å²) in [5.41, 5.74) is 2.41. The zero-order valence-electron chi connectivity index (χ0n) is 17.8. The van der Waals surface area contributed by atoms with E-state index in [1.54, 1.807) is 24.5 Å².